The highest BCUT2D eigenvalue weighted by Crippen LogP contribution is 2.44. The molecule has 1 atom stereocenters. The monoisotopic (exact) mass is 483 g/mol. The fraction of sp³-hybridized carbons (Fsp3) is 0.120. The minimum atomic E-state index is -0.987. The summed E-state index contributed by atoms with van der Waals surface area (Å²) in [5.74, 6) is -1.94. The molecule has 1 saturated heterocycles. The number of ether oxygens (including phenoxy) is 1. The number of carbonyl (C=O) groups excluding carboxylic acids is 2. The van der Waals surface area contributed by atoms with E-state index in [0.717, 1.165) is 5.56 Å². The average molecular weight is 484 g/mol. The molecule has 0 saturated carbocycles. The molecule has 1 heterocycles. The van der Waals surface area contributed by atoms with Crippen LogP contribution in [0, 0.1) is 6.92 Å². The SMILES string of the molecule is COc1c(Cl)cc(/C(O)=C2\C(=O)C(=O)N(c3cccc(C)c3)C2c2cccc(O)c2)cc1Cl. The molecule has 8 heteroatoms. The zero-order valence-electron chi connectivity index (χ0n) is 17.7. The van der Waals surface area contributed by atoms with Crippen LogP contribution in [0.1, 0.15) is 22.7 Å². The summed E-state index contributed by atoms with van der Waals surface area (Å²) in [6.07, 6.45) is 0. The Morgan fingerprint density at radius 3 is 2.27 bits per heavy atom. The number of aryl methyl sites for hydroxylation is 1. The number of aromatic hydroxyl groups is 1. The predicted molar refractivity (Wildman–Crippen MR) is 127 cm³/mol. The lowest BCUT2D eigenvalue weighted by Gasteiger charge is -2.26. The summed E-state index contributed by atoms with van der Waals surface area (Å²) in [5.41, 5.74) is 1.82. The molecule has 2 N–H and O–H groups in total. The van der Waals surface area contributed by atoms with E-state index in [2.05, 4.69) is 0 Å². The fourth-order valence-electron chi connectivity index (χ4n) is 3.93. The molecule has 1 aliphatic rings. The third kappa shape index (κ3) is 4.03. The smallest absolute Gasteiger partial charge is 0.300 e. The van der Waals surface area contributed by atoms with Gasteiger partial charge in [-0.25, -0.2) is 0 Å². The standard InChI is InChI=1S/C25H19Cl2NO5/c1-13-5-3-7-16(9-13)28-21(14-6-4-8-17(29)10-14)20(23(31)25(28)32)22(30)15-11-18(26)24(33-2)19(27)12-15/h3-12,21,29-30H,1-2H3/b22-20+. The first-order valence-corrected chi connectivity index (χ1v) is 10.7. The van der Waals surface area contributed by atoms with Crippen LogP contribution >= 0.6 is 23.2 Å². The van der Waals surface area contributed by atoms with Crippen molar-refractivity contribution in [2.24, 2.45) is 0 Å². The van der Waals surface area contributed by atoms with E-state index in [0.29, 0.717) is 11.3 Å². The Kier molecular flexibility index (Phi) is 6.06. The molecule has 0 aliphatic carbocycles. The summed E-state index contributed by atoms with van der Waals surface area (Å²) in [6, 6.07) is 15.1. The number of phenolic OH excluding ortho intramolecular Hbond substituents is 1. The first kappa shape index (κ1) is 22.7. The van der Waals surface area contributed by atoms with Crippen LogP contribution in [0.3, 0.4) is 0 Å². The molecule has 1 aliphatic heterocycles. The highest BCUT2D eigenvalue weighted by atomic mass is 35.5. The van der Waals surface area contributed by atoms with Gasteiger partial charge in [0.2, 0.25) is 0 Å². The number of ketones is 1. The Bertz CT molecular complexity index is 1290. The van der Waals surface area contributed by atoms with Crippen molar-refractivity contribution in [1.29, 1.82) is 0 Å². The molecular weight excluding hydrogens is 465 g/mol. The Hall–Kier alpha value is -3.48. The lowest BCUT2D eigenvalue weighted by Crippen LogP contribution is -2.29. The zero-order chi connectivity index (χ0) is 23.9. The number of aliphatic hydroxyl groups excluding tert-OH is 1. The number of hydrogen-bond donors (Lipinski definition) is 2. The minimum absolute atomic E-state index is 0.0436. The van der Waals surface area contributed by atoms with Crippen molar-refractivity contribution in [3.8, 4) is 11.5 Å². The molecule has 1 fully saturated rings. The van der Waals surface area contributed by atoms with Crippen LogP contribution < -0.4 is 9.64 Å². The summed E-state index contributed by atoms with van der Waals surface area (Å²) in [6.45, 7) is 1.87. The highest BCUT2D eigenvalue weighted by Gasteiger charge is 2.47. The molecule has 0 aromatic heterocycles. The van der Waals surface area contributed by atoms with E-state index in [1.807, 2.05) is 13.0 Å². The van der Waals surface area contributed by atoms with Crippen LogP contribution in [0.15, 0.2) is 66.2 Å². The molecule has 6 nitrogen and oxygen atoms in total. The van der Waals surface area contributed by atoms with E-state index in [4.69, 9.17) is 27.9 Å². The maximum absolute atomic E-state index is 13.2. The number of anilines is 1. The number of carbonyl (C=O) groups is 2. The van der Waals surface area contributed by atoms with Crippen LogP contribution in [0.25, 0.3) is 5.76 Å². The summed E-state index contributed by atoms with van der Waals surface area (Å²) in [7, 11) is 1.40. The average Bonchev–Trinajstić information content (AvgIpc) is 3.03. The van der Waals surface area contributed by atoms with Gasteiger partial charge in [-0.3, -0.25) is 14.5 Å². The van der Waals surface area contributed by atoms with E-state index in [1.54, 1.807) is 30.3 Å². The predicted octanol–water partition coefficient (Wildman–Crippen LogP) is 5.64. The topological polar surface area (TPSA) is 87.1 Å². The molecule has 1 amide bonds. The fourth-order valence-corrected chi connectivity index (χ4v) is 4.58. The van der Waals surface area contributed by atoms with Crippen molar-refractivity contribution >= 4 is 46.3 Å². The van der Waals surface area contributed by atoms with Crippen molar-refractivity contribution in [1.82, 2.24) is 0 Å². The Morgan fingerprint density at radius 1 is 1.00 bits per heavy atom. The van der Waals surface area contributed by atoms with Gasteiger partial charge in [-0.1, -0.05) is 47.5 Å². The van der Waals surface area contributed by atoms with Crippen molar-refractivity contribution in [3.05, 3.63) is 93.0 Å². The molecule has 0 bridgehead atoms. The Balaban J connectivity index is 1.98. The first-order valence-electron chi connectivity index (χ1n) is 9.93. The molecule has 0 spiro atoms. The third-order valence-electron chi connectivity index (χ3n) is 5.39. The number of aliphatic hydroxyl groups is 1. The maximum Gasteiger partial charge on any atom is 0.300 e. The summed E-state index contributed by atoms with van der Waals surface area (Å²) < 4.78 is 5.15. The van der Waals surface area contributed by atoms with Crippen LogP contribution in [-0.2, 0) is 9.59 Å². The lowest BCUT2D eigenvalue weighted by molar-refractivity contribution is -0.132. The van der Waals surface area contributed by atoms with E-state index >= 15 is 0 Å². The van der Waals surface area contributed by atoms with Crippen LogP contribution in [0.5, 0.6) is 11.5 Å². The van der Waals surface area contributed by atoms with Gasteiger partial charge in [0.05, 0.1) is 28.8 Å². The van der Waals surface area contributed by atoms with Gasteiger partial charge in [0.15, 0.2) is 5.75 Å². The normalized spacial score (nSPS) is 17.5. The number of nitrogens with zero attached hydrogens (tertiary/aromatic N) is 1. The van der Waals surface area contributed by atoms with E-state index in [9.17, 15) is 19.8 Å². The van der Waals surface area contributed by atoms with Crippen molar-refractivity contribution in [3.63, 3.8) is 0 Å². The number of methoxy groups -OCH3 is 1. The number of phenols is 1. The second-order valence-electron chi connectivity index (χ2n) is 7.58. The third-order valence-corrected chi connectivity index (χ3v) is 5.95. The second kappa shape index (κ2) is 8.81. The largest absolute Gasteiger partial charge is 0.508 e. The zero-order valence-corrected chi connectivity index (χ0v) is 19.2. The summed E-state index contributed by atoms with van der Waals surface area (Å²) in [4.78, 5) is 27.7. The number of hydrogen-bond acceptors (Lipinski definition) is 5. The number of rotatable bonds is 4. The maximum atomic E-state index is 13.2. The van der Waals surface area contributed by atoms with Crippen LogP contribution in [0.2, 0.25) is 10.0 Å². The van der Waals surface area contributed by atoms with Gasteiger partial charge in [-0.2, -0.15) is 0 Å². The van der Waals surface area contributed by atoms with E-state index < -0.39 is 23.5 Å². The molecular formula is C25H19Cl2NO5. The summed E-state index contributed by atoms with van der Waals surface area (Å²) in [5, 5.41) is 21.5. The Labute approximate surface area is 200 Å². The Morgan fingerprint density at radius 2 is 1.67 bits per heavy atom. The van der Waals surface area contributed by atoms with Gasteiger partial charge in [0.1, 0.15) is 11.5 Å². The van der Waals surface area contributed by atoms with Gasteiger partial charge in [-0.05, 0) is 54.4 Å². The van der Waals surface area contributed by atoms with E-state index in [-0.39, 0.29) is 32.7 Å². The summed E-state index contributed by atoms with van der Waals surface area (Å²) >= 11 is 12.5. The highest BCUT2D eigenvalue weighted by molar-refractivity contribution is 6.51. The van der Waals surface area contributed by atoms with Gasteiger partial charge in [0.25, 0.3) is 11.7 Å². The number of benzene rings is 3. The number of amides is 1. The van der Waals surface area contributed by atoms with Gasteiger partial charge in [0, 0.05) is 11.3 Å². The molecule has 33 heavy (non-hydrogen) atoms. The quantitative estimate of drug-likeness (QED) is 0.284. The second-order valence-corrected chi connectivity index (χ2v) is 8.39. The lowest BCUT2D eigenvalue weighted by atomic mass is 9.95. The molecule has 168 valence electrons. The molecule has 1 unspecified atom stereocenters. The van der Waals surface area contributed by atoms with Crippen molar-refractivity contribution < 1.29 is 24.5 Å². The minimum Gasteiger partial charge on any atom is -0.508 e. The van der Waals surface area contributed by atoms with Gasteiger partial charge < -0.3 is 14.9 Å². The van der Waals surface area contributed by atoms with Crippen LogP contribution in [0.4, 0.5) is 5.69 Å². The molecule has 4 rings (SSSR count). The molecule has 3 aromatic rings. The van der Waals surface area contributed by atoms with Crippen molar-refractivity contribution in [2.75, 3.05) is 12.0 Å². The number of halogens is 2. The van der Waals surface area contributed by atoms with Gasteiger partial charge >= 0.3 is 0 Å². The molecule has 3 aromatic carbocycles. The number of Topliss-reactive ketones (excluding diaryl/α,β-unsaturated/α-hetero) is 1. The van der Waals surface area contributed by atoms with Crippen molar-refractivity contribution in [2.45, 2.75) is 13.0 Å². The first-order chi connectivity index (χ1) is 15.7. The van der Waals surface area contributed by atoms with Crippen LogP contribution in [-0.4, -0.2) is 29.0 Å². The van der Waals surface area contributed by atoms with Gasteiger partial charge in [-0.15, -0.1) is 0 Å². The van der Waals surface area contributed by atoms with E-state index in [1.165, 1.54) is 36.3 Å². The molecule has 0 radical (unpaired) electrons.